The molecule has 122 valence electrons. The molecule has 6 heteroatoms. The third-order valence-corrected chi connectivity index (χ3v) is 6.81. The lowest BCUT2D eigenvalue weighted by molar-refractivity contribution is -0.132. The van der Waals surface area contributed by atoms with E-state index in [1.807, 2.05) is 17.5 Å². The summed E-state index contributed by atoms with van der Waals surface area (Å²) in [6, 6.07) is 4.36. The largest absolute Gasteiger partial charge is 0.345 e. The van der Waals surface area contributed by atoms with Crippen LogP contribution in [0.4, 0.5) is 5.13 Å². The molecule has 23 heavy (non-hydrogen) atoms. The van der Waals surface area contributed by atoms with Crippen LogP contribution in [0.5, 0.6) is 0 Å². The van der Waals surface area contributed by atoms with Crippen LogP contribution in [0.25, 0.3) is 0 Å². The molecule has 1 aliphatic heterocycles. The van der Waals surface area contributed by atoms with Crippen LogP contribution in [-0.4, -0.2) is 42.0 Å². The van der Waals surface area contributed by atoms with E-state index in [-0.39, 0.29) is 5.92 Å². The number of thiophene rings is 1. The van der Waals surface area contributed by atoms with Gasteiger partial charge in [-0.3, -0.25) is 4.79 Å². The molecule has 3 heterocycles. The van der Waals surface area contributed by atoms with E-state index in [1.54, 1.807) is 11.3 Å². The number of hydrogen-bond acceptors (Lipinski definition) is 5. The van der Waals surface area contributed by atoms with E-state index < -0.39 is 0 Å². The van der Waals surface area contributed by atoms with E-state index in [0.717, 1.165) is 37.7 Å². The van der Waals surface area contributed by atoms with Gasteiger partial charge < -0.3 is 9.80 Å². The Morgan fingerprint density at radius 2 is 1.91 bits per heavy atom. The summed E-state index contributed by atoms with van der Waals surface area (Å²) in [4.78, 5) is 25.5. The maximum atomic E-state index is 12.7. The summed E-state index contributed by atoms with van der Waals surface area (Å²) in [7, 11) is 0. The fraction of sp³-hybridized carbons (Fsp3) is 0.529. The number of aryl methyl sites for hydroxylation is 2. The minimum atomic E-state index is 0.224. The zero-order valence-electron chi connectivity index (χ0n) is 13.5. The smallest absolute Gasteiger partial charge is 0.226 e. The summed E-state index contributed by atoms with van der Waals surface area (Å²) in [6.07, 6.45) is 2.96. The first kappa shape index (κ1) is 15.1. The normalized spacial score (nSPS) is 24.1. The quantitative estimate of drug-likeness (QED) is 0.855. The average molecular weight is 348 g/mol. The van der Waals surface area contributed by atoms with Gasteiger partial charge in [0.1, 0.15) is 0 Å². The van der Waals surface area contributed by atoms with Crippen LogP contribution in [0.15, 0.2) is 18.3 Å². The second-order valence-corrected chi connectivity index (χ2v) is 9.00. The highest BCUT2D eigenvalue weighted by Gasteiger charge is 2.46. The van der Waals surface area contributed by atoms with Crippen molar-refractivity contribution in [2.45, 2.75) is 26.2 Å². The maximum absolute atomic E-state index is 12.7. The molecule has 4 nitrogen and oxygen atoms in total. The average Bonchev–Trinajstić information content (AvgIpc) is 3.05. The number of carbonyl (C=O) groups is 1. The van der Waals surface area contributed by atoms with Gasteiger partial charge in [0.25, 0.3) is 0 Å². The minimum Gasteiger partial charge on any atom is -0.345 e. The van der Waals surface area contributed by atoms with Crippen molar-refractivity contribution < 1.29 is 4.79 Å². The number of thiazole rings is 1. The molecule has 0 radical (unpaired) electrons. The summed E-state index contributed by atoms with van der Waals surface area (Å²) in [5.74, 6) is 1.05. The van der Waals surface area contributed by atoms with Gasteiger partial charge in [-0.15, -0.1) is 22.7 Å². The number of nitrogens with zero attached hydrogens (tertiary/aromatic N) is 3. The molecule has 1 aliphatic carbocycles. The van der Waals surface area contributed by atoms with Crippen LogP contribution in [0.3, 0.4) is 0 Å². The molecule has 4 rings (SSSR count). The van der Waals surface area contributed by atoms with Crippen molar-refractivity contribution in [1.82, 2.24) is 9.88 Å². The molecule has 0 spiro atoms. The molecule has 2 unspecified atom stereocenters. The van der Waals surface area contributed by atoms with E-state index >= 15 is 0 Å². The van der Waals surface area contributed by atoms with Gasteiger partial charge in [0, 0.05) is 58.8 Å². The van der Waals surface area contributed by atoms with Crippen molar-refractivity contribution in [2.75, 3.05) is 31.1 Å². The van der Waals surface area contributed by atoms with Crippen LogP contribution in [0.2, 0.25) is 0 Å². The zero-order valence-corrected chi connectivity index (χ0v) is 15.1. The minimum absolute atomic E-state index is 0.224. The van der Waals surface area contributed by atoms with E-state index in [9.17, 15) is 4.79 Å². The Morgan fingerprint density at radius 3 is 2.52 bits per heavy atom. The summed E-state index contributed by atoms with van der Waals surface area (Å²) in [5, 5.41) is 1.09. The van der Waals surface area contributed by atoms with Crippen molar-refractivity contribution in [1.29, 1.82) is 0 Å². The molecule has 2 atom stereocenters. The molecule has 2 aliphatic rings. The third kappa shape index (κ3) is 3.02. The lowest BCUT2D eigenvalue weighted by Gasteiger charge is -2.34. The molecule has 1 saturated heterocycles. The third-order valence-electron chi connectivity index (χ3n) is 4.71. The molecular weight excluding hydrogens is 326 g/mol. The predicted octanol–water partition coefficient (Wildman–Crippen LogP) is 3.27. The molecule has 2 aromatic rings. The Labute approximate surface area is 144 Å². The van der Waals surface area contributed by atoms with E-state index in [1.165, 1.54) is 14.6 Å². The molecule has 0 bridgehead atoms. The van der Waals surface area contributed by atoms with Gasteiger partial charge in [0.05, 0.1) is 0 Å². The first-order valence-electron chi connectivity index (χ1n) is 8.14. The SMILES string of the molecule is Cc1ccc(C2CC2C(=O)N2CCN(c3ncc(C)s3)CC2)s1. The van der Waals surface area contributed by atoms with Gasteiger partial charge in [0.2, 0.25) is 5.91 Å². The summed E-state index contributed by atoms with van der Waals surface area (Å²) in [5.41, 5.74) is 0. The Kier molecular flexibility index (Phi) is 3.89. The highest BCUT2D eigenvalue weighted by molar-refractivity contribution is 7.15. The summed E-state index contributed by atoms with van der Waals surface area (Å²) in [6.45, 7) is 7.66. The van der Waals surface area contributed by atoms with Crippen molar-refractivity contribution in [3.63, 3.8) is 0 Å². The fourth-order valence-corrected chi connectivity index (χ4v) is 5.14. The second kappa shape index (κ2) is 5.91. The van der Waals surface area contributed by atoms with E-state index in [4.69, 9.17) is 0 Å². The highest BCUT2D eigenvalue weighted by Crippen LogP contribution is 2.50. The number of aromatic nitrogens is 1. The number of hydrogen-bond donors (Lipinski definition) is 0. The van der Waals surface area contributed by atoms with E-state index in [0.29, 0.717) is 11.8 Å². The van der Waals surface area contributed by atoms with Crippen molar-refractivity contribution in [3.8, 4) is 0 Å². The standard InChI is InChI=1S/C17H21N3OS2/c1-11-3-4-15(22-11)13-9-14(13)16(21)19-5-7-20(8-6-19)17-18-10-12(2)23-17/h3-4,10,13-14H,5-9H2,1-2H3. The Bertz CT molecular complexity index is 715. The second-order valence-electron chi connectivity index (χ2n) is 6.46. The Morgan fingerprint density at radius 1 is 1.13 bits per heavy atom. The lowest BCUT2D eigenvalue weighted by atomic mass is 10.2. The van der Waals surface area contributed by atoms with Crippen LogP contribution >= 0.6 is 22.7 Å². The van der Waals surface area contributed by atoms with Gasteiger partial charge >= 0.3 is 0 Å². The van der Waals surface area contributed by atoms with Gasteiger partial charge in [-0.2, -0.15) is 0 Å². The van der Waals surface area contributed by atoms with Gasteiger partial charge in [-0.1, -0.05) is 0 Å². The van der Waals surface area contributed by atoms with Crippen molar-refractivity contribution in [2.24, 2.45) is 5.92 Å². The van der Waals surface area contributed by atoms with Crippen LogP contribution in [0.1, 0.15) is 27.0 Å². The molecule has 1 saturated carbocycles. The van der Waals surface area contributed by atoms with Gasteiger partial charge in [-0.25, -0.2) is 4.98 Å². The number of anilines is 1. The molecule has 0 N–H and O–H groups in total. The first-order valence-corrected chi connectivity index (χ1v) is 9.77. The molecule has 2 aromatic heterocycles. The first-order chi connectivity index (χ1) is 11.1. The molecule has 2 fully saturated rings. The zero-order chi connectivity index (χ0) is 16.0. The number of piperazine rings is 1. The lowest BCUT2D eigenvalue weighted by Crippen LogP contribution is -2.49. The topological polar surface area (TPSA) is 36.4 Å². The number of rotatable bonds is 3. The van der Waals surface area contributed by atoms with Crippen molar-refractivity contribution >= 4 is 33.7 Å². The van der Waals surface area contributed by atoms with Gasteiger partial charge in [-0.05, 0) is 32.4 Å². The summed E-state index contributed by atoms with van der Waals surface area (Å²) >= 11 is 3.58. The Balaban J connectivity index is 1.33. The maximum Gasteiger partial charge on any atom is 0.226 e. The van der Waals surface area contributed by atoms with Crippen molar-refractivity contribution in [3.05, 3.63) is 33.0 Å². The summed E-state index contributed by atoms with van der Waals surface area (Å²) < 4.78 is 0. The Hall–Kier alpha value is -1.40. The highest BCUT2D eigenvalue weighted by atomic mass is 32.1. The van der Waals surface area contributed by atoms with Crippen LogP contribution < -0.4 is 4.90 Å². The molecule has 0 aromatic carbocycles. The molecular formula is C17H21N3OS2. The fourth-order valence-electron chi connectivity index (χ4n) is 3.28. The monoisotopic (exact) mass is 347 g/mol. The number of amides is 1. The van der Waals surface area contributed by atoms with E-state index in [2.05, 4.69) is 40.8 Å². The predicted molar refractivity (Wildman–Crippen MR) is 95.5 cm³/mol. The van der Waals surface area contributed by atoms with Gasteiger partial charge in [0.15, 0.2) is 5.13 Å². The molecule has 1 amide bonds. The number of carbonyl (C=O) groups excluding carboxylic acids is 1. The van der Waals surface area contributed by atoms with Crippen LogP contribution in [0, 0.1) is 19.8 Å². The van der Waals surface area contributed by atoms with Crippen LogP contribution in [-0.2, 0) is 4.79 Å².